The summed E-state index contributed by atoms with van der Waals surface area (Å²) in [6.45, 7) is 13.7. The van der Waals surface area contributed by atoms with Crippen LogP contribution in [0.1, 0.15) is 345 Å². The largest absolute Gasteiger partial charge is 0.530 e. The van der Waals surface area contributed by atoms with E-state index in [9.17, 15) is 0 Å². The summed E-state index contributed by atoms with van der Waals surface area (Å²) in [5.74, 6) is 5.30. The molecule has 99 heavy (non-hydrogen) atoms. The number of unbranched alkanes of at least 4 members (excludes halogenated alkanes) is 36. The number of rotatable bonds is 60. The molecule has 0 aromatic heterocycles. The van der Waals surface area contributed by atoms with E-state index in [-0.39, 0.29) is 13.5 Å². The van der Waals surface area contributed by atoms with Gasteiger partial charge in [0.15, 0.2) is 0 Å². The molecule has 6 aromatic rings. The molecule has 0 spiro atoms. The van der Waals surface area contributed by atoms with Crippen LogP contribution in [0.3, 0.4) is 0 Å². The quantitative estimate of drug-likeness (QED) is 0.0280. The summed E-state index contributed by atoms with van der Waals surface area (Å²) in [4.78, 5) is 0. The molecule has 0 fully saturated rings. The monoisotopic (exact) mass is 1410 g/mol. The summed E-state index contributed by atoms with van der Waals surface area (Å²) in [6, 6.07) is 51.0. The molecule has 0 aliphatic carbocycles. The molecule has 0 radical (unpaired) electrons. The zero-order valence-electron chi connectivity index (χ0n) is 63.6. The highest BCUT2D eigenvalue weighted by molar-refractivity contribution is 7.59. The van der Waals surface area contributed by atoms with E-state index in [1.165, 1.54) is 303 Å². The van der Waals surface area contributed by atoms with Crippen molar-refractivity contribution in [1.29, 1.82) is 0 Å². The van der Waals surface area contributed by atoms with Gasteiger partial charge in [0.05, 0.1) is 0 Å². The highest BCUT2D eigenvalue weighted by Crippen LogP contribution is 2.47. The van der Waals surface area contributed by atoms with Crippen molar-refractivity contribution >= 4 is 30.7 Å². The van der Waals surface area contributed by atoms with Crippen LogP contribution in [0.5, 0.6) is 34.5 Å². The van der Waals surface area contributed by atoms with E-state index in [1.807, 2.05) is 0 Å². The van der Waals surface area contributed by atoms with Gasteiger partial charge in [-0.1, -0.05) is 382 Å². The summed E-state index contributed by atoms with van der Waals surface area (Å²) >= 11 is 0. The Kier molecular flexibility index (Phi) is 52.4. The molecule has 6 aromatic carbocycles. The smallest absolute Gasteiger partial charge is 0.408 e. The average molecular weight is 1410 g/mol. The number of aryl methyl sites for hydroxylation is 6. The fourth-order valence-corrected chi connectivity index (χ4v) is 15.3. The molecule has 0 atom stereocenters. The highest BCUT2D eigenvalue weighted by Gasteiger charge is 2.26. The first kappa shape index (κ1) is 86.7. The van der Waals surface area contributed by atoms with E-state index in [1.54, 1.807) is 0 Å². The molecular weight excluding hydrogens is 1270 g/mol. The van der Waals surface area contributed by atoms with E-state index in [2.05, 4.69) is 187 Å². The highest BCUT2D eigenvalue weighted by atomic mass is 32.1. The zero-order valence-corrected chi connectivity index (χ0v) is 66.4. The Hall–Kier alpha value is -4.67. The van der Waals surface area contributed by atoms with Gasteiger partial charge in [-0.25, -0.2) is 0 Å². The van der Waals surface area contributed by atoms with E-state index in [4.69, 9.17) is 27.1 Å². The second kappa shape index (κ2) is 59.8. The van der Waals surface area contributed by atoms with Gasteiger partial charge in [0, 0.05) is 0 Å². The molecule has 0 saturated heterocycles. The Balaban J connectivity index is 0.000000416. The lowest BCUT2D eigenvalue weighted by atomic mass is 10.0. The Bertz CT molecular complexity index is 2350. The van der Waals surface area contributed by atoms with Crippen molar-refractivity contribution in [3.8, 4) is 34.5 Å². The lowest BCUT2D eigenvalue weighted by Crippen LogP contribution is -2.06. The minimum Gasteiger partial charge on any atom is -0.408 e. The molecule has 0 amide bonds. The first-order valence-corrected chi connectivity index (χ1v) is 42.8. The van der Waals surface area contributed by atoms with Gasteiger partial charge in [-0.05, 0) is 147 Å². The van der Waals surface area contributed by atoms with Crippen molar-refractivity contribution in [3.05, 3.63) is 179 Å². The minimum atomic E-state index is -1.72. The third-order valence-corrected chi connectivity index (χ3v) is 21.2. The second-order valence-corrected chi connectivity index (χ2v) is 29.9. The fourth-order valence-electron chi connectivity index (χ4n) is 13.0. The van der Waals surface area contributed by atoms with Crippen molar-refractivity contribution in [2.45, 2.75) is 350 Å². The van der Waals surface area contributed by atoms with Crippen LogP contribution in [-0.4, -0.2) is 0 Å². The van der Waals surface area contributed by atoms with Crippen LogP contribution < -0.4 is 27.1 Å². The third-order valence-electron chi connectivity index (χ3n) is 19.2. The molecule has 0 aliphatic heterocycles. The van der Waals surface area contributed by atoms with Gasteiger partial charge in [0.1, 0.15) is 34.5 Å². The Morgan fingerprint density at radius 3 is 0.434 bits per heavy atom. The molecule has 552 valence electrons. The number of hydrogen-bond donors (Lipinski definition) is 0. The maximum atomic E-state index is 6.76. The van der Waals surface area contributed by atoms with Gasteiger partial charge in [-0.3, -0.25) is 0 Å². The number of para-hydroxylation sites is 6. The fraction of sp³-hybridized carbons (Fsp3) is 0.600. The third kappa shape index (κ3) is 40.1. The molecule has 0 N–H and O–H groups in total. The van der Waals surface area contributed by atoms with Crippen LogP contribution in [0.25, 0.3) is 0 Å². The van der Waals surface area contributed by atoms with Crippen molar-refractivity contribution in [2.75, 3.05) is 0 Å². The first-order valence-electron chi connectivity index (χ1n) is 40.6. The molecule has 0 heterocycles. The Labute approximate surface area is 617 Å². The zero-order chi connectivity index (χ0) is 69.2. The van der Waals surface area contributed by atoms with E-state index in [0.29, 0.717) is 0 Å². The molecule has 9 heteroatoms. The van der Waals surface area contributed by atoms with Crippen LogP contribution in [0.15, 0.2) is 146 Å². The first-order chi connectivity index (χ1) is 48.5. The average Bonchev–Trinajstić information content (AvgIpc) is 0.863. The SMILES string of the molecule is CCCCCCCCCc1ccccc1OP(Oc1ccccc1CCCCCCCCC)Oc1ccccc1CCCCCCCCC.CCCCCCCCCc1ccccc1OP(Oc1ccccc1CCCCCCCCC)Oc1ccccc1CCCCCCCCC.S. The Morgan fingerprint density at radius 2 is 0.293 bits per heavy atom. The molecule has 0 bridgehead atoms. The van der Waals surface area contributed by atoms with Gasteiger partial charge in [0.25, 0.3) is 0 Å². The van der Waals surface area contributed by atoms with Crippen molar-refractivity contribution < 1.29 is 27.1 Å². The Morgan fingerprint density at radius 1 is 0.172 bits per heavy atom. The van der Waals surface area contributed by atoms with Gasteiger partial charge >= 0.3 is 17.2 Å². The van der Waals surface area contributed by atoms with Crippen molar-refractivity contribution in [2.24, 2.45) is 0 Å². The normalized spacial score (nSPS) is 11.2. The number of benzene rings is 6. The summed E-state index contributed by atoms with van der Waals surface area (Å²) in [5, 5.41) is 0. The van der Waals surface area contributed by atoms with E-state index in [0.717, 1.165) is 73.0 Å². The van der Waals surface area contributed by atoms with Crippen molar-refractivity contribution in [3.63, 3.8) is 0 Å². The van der Waals surface area contributed by atoms with Gasteiger partial charge < -0.3 is 27.1 Å². The molecular formula is C90H140O6P2S. The predicted molar refractivity (Wildman–Crippen MR) is 437 cm³/mol. The maximum absolute atomic E-state index is 6.76. The van der Waals surface area contributed by atoms with E-state index >= 15 is 0 Å². The molecule has 0 saturated carbocycles. The van der Waals surface area contributed by atoms with E-state index < -0.39 is 17.2 Å². The maximum Gasteiger partial charge on any atom is 0.530 e. The predicted octanol–water partition coefficient (Wildman–Crippen LogP) is 30.8. The van der Waals surface area contributed by atoms with Gasteiger partial charge in [-0.15, -0.1) is 0 Å². The molecule has 0 aliphatic rings. The lowest BCUT2D eigenvalue weighted by Gasteiger charge is -2.22. The van der Waals surface area contributed by atoms with Gasteiger partial charge in [-0.2, -0.15) is 13.5 Å². The van der Waals surface area contributed by atoms with Crippen LogP contribution >= 0.6 is 30.7 Å². The van der Waals surface area contributed by atoms with Gasteiger partial charge in [0.2, 0.25) is 0 Å². The van der Waals surface area contributed by atoms with Crippen LogP contribution in [-0.2, 0) is 38.5 Å². The molecule has 6 nitrogen and oxygen atoms in total. The standard InChI is InChI=1S/2C45H69O3P.H2S/c2*1-4-7-10-13-16-19-22-31-40-34-25-28-37-43(40)46-49(47-44-38-29-26-35-41(44)32-23-20-17-14-11-8-5-2)48-45-39-30-27-36-42(45)33-24-21-18-15-12-9-6-3;/h2*25-30,34-39H,4-24,31-33H2,1-3H3;1H2. The second-order valence-electron chi connectivity index (χ2n) is 27.9. The molecule has 0 unspecified atom stereocenters. The molecule has 6 rings (SSSR count). The van der Waals surface area contributed by atoms with Crippen molar-refractivity contribution in [1.82, 2.24) is 0 Å². The van der Waals surface area contributed by atoms with Crippen LogP contribution in [0.4, 0.5) is 0 Å². The lowest BCUT2D eigenvalue weighted by molar-refractivity contribution is 0.381. The summed E-state index contributed by atoms with van der Waals surface area (Å²) < 4.78 is 40.5. The summed E-state index contributed by atoms with van der Waals surface area (Å²) in [6.07, 6.45) is 60.7. The van der Waals surface area contributed by atoms with Crippen LogP contribution in [0, 0.1) is 0 Å². The summed E-state index contributed by atoms with van der Waals surface area (Å²) in [5.41, 5.74) is 7.44. The topological polar surface area (TPSA) is 55.4 Å². The van der Waals surface area contributed by atoms with Crippen LogP contribution in [0.2, 0.25) is 0 Å². The summed E-state index contributed by atoms with van der Waals surface area (Å²) in [7, 11) is -3.45. The number of hydrogen-bond acceptors (Lipinski definition) is 6. The minimum absolute atomic E-state index is 0.